The molecule has 0 heterocycles. The molecule has 0 radical (unpaired) electrons. The third-order valence-corrected chi connectivity index (χ3v) is 9.98. The Kier molecular flexibility index (Phi) is 6.29. The van der Waals surface area contributed by atoms with Gasteiger partial charge < -0.3 is 20.3 Å². The van der Waals surface area contributed by atoms with Gasteiger partial charge in [-0.1, -0.05) is 27.2 Å². The topological polar surface area (TPSA) is 81.8 Å². The third kappa shape index (κ3) is 3.44. The minimum Gasteiger partial charge on any atom is -0.469 e. The van der Waals surface area contributed by atoms with Crippen molar-refractivity contribution in [2.45, 2.75) is 96.8 Å². The number of carbonyl (C=O) groups is 1. The van der Waals surface area contributed by atoms with Crippen molar-refractivity contribution >= 4 is 5.97 Å². The number of fused-ring (bicyclic) bond motifs is 5. The molecule has 4 aliphatic carbocycles. The molecule has 0 aliphatic heterocycles. The number of esters is 1. The Bertz CT molecular complexity index is 641. The number of carbonyl (C=O) groups excluding carboxylic acids is 1. The normalized spacial score (nSPS) is 50.3. The van der Waals surface area contributed by atoms with Gasteiger partial charge in [0.1, 0.15) is 0 Å². The molecule has 10 atom stereocenters. The van der Waals surface area contributed by atoms with Gasteiger partial charge in [0.05, 0.1) is 25.2 Å². The van der Waals surface area contributed by atoms with Crippen LogP contribution in [0.3, 0.4) is 0 Å². The van der Waals surface area contributed by atoms with Crippen LogP contribution in [0.2, 0.25) is 0 Å². The van der Waals surface area contributed by atoms with Crippen LogP contribution in [0.25, 0.3) is 0 Å². The van der Waals surface area contributed by atoms with Crippen LogP contribution in [0.4, 0.5) is 0 Å². The van der Waals surface area contributed by atoms with E-state index in [2.05, 4.69) is 20.8 Å². The van der Waals surface area contributed by atoms with Gasteiger partial charge in [-0.05, 0) is 85.9 Å². The summed E-state index contributed by atoms with van der Waals surface area (Å²) in [6.07, 6.45) is 8.81. The summed E-state index contributed by atoms with van der Waals surface area (Å²) in [5.74, 6) is 2.04. The van der Waals surface area contributed by atoms with E-state index in [0.717, 1.165) is 51.6 Å². The maximum atomic E-state index is 12.5. The number of methoxy groups -OCH3 is 1. The van der Waals surface area contributed by atoms with Crippen LogP contribution < -0.4 is 5.73 Å². The van der Waals surface area contributed by atoms with Gasteiger partial charge in [0, 0.05) is 12.6 Å². The molecular formula is C25H43NO4. The smallest absolute Gasteiger partial charge is 0.309 e. The molecule has 0 aromatic rings. The molecule has 0 bridgehead atoms. The number of rotatable bonds is 5. The summed E-state index contributed by atoms with van der Waals surface area (Å²) in [6.45, 7) is 7.65. The highest BCUT2D eigenvalue weighted by Crippen LogP contribution is 2.67. The maximum Gasteiger partial charge on any atom is 0.309 e. The lowest BCUT2D eigenvalue weighted by atomic mass is 9.43. The zero-order chi connectivity index (χ0) is 21.7. The van der Waals surface area contributed by atoms with E-state index in [1.807, 2.05) is 0 Å². The van der Waals surface area contributed by atoms with Gasteiger partial charge in [-0.25, -0.2) is 0 Å². The van der Waals surface area contributed by atoms with Gasteiger partial charge in [-0.3, -0.25) is 4.79 Å². The van der Waals surface area contributed by atoms with E-state index < -0.39 is 0 Å². The van der Waals surface area contributed by atoms with Crippen molar-refractivity contribution in [1.82, 2.24) is 0 Å². The lowest BCUT2D eigenvalue weighted by molar-refractivity contribution is -0.180. The molecule has 5 unspecified atom stereocenters. The van der Waals surface area contributed by atoms with Gasteiger partial charge in [-0.2, -0.15) is 0 Å². The average molecular weight is 422 g/mol. The number of hydrogen-bond donors (Lipinski definition) is 2. The minimum absolute atomic E-state index is 0.0108. The van der Waals surface area contributed by atoms with Gasteiger partial charge in [0.25, 0.3) is 0 Å². The Morgan fingerprint density at radius 1 is 1.13 bits per heavy atom. The molecule has 30 heavy (non-hydrogen) atoms. The Labute approximate surface area is 182 Å². The monoisotopic (exact) mass is 421 g/mol. The fourth-order valence-electron chi connectivity index (χ4n) is 8.60. The van der Waals surface area contributed by atoms with Crippen molar-refractivity contribution in [1.29, 1.82) is 0 Å². The second-order valence-corrected chi connectivity index (χ2v) is 11.4. The van der Waals surface area contributed by atoms with Crippen molar-refractivity contribution in [3.05, 3.63) is 0 Å². The Hall–Kier alpha value is -0.650. The lowest BCUT2D eigenvalue weighted by Gasteiger charge is -2.63. The van der Waals surface area contributed by atoms with E-state index in [9.17, 15) is 9.90 Å². The summed E-state index contributed by atoms with van der Waals surface area (Å²) in [6, 6.07) is 0.0980. The first-order valence-electron chi connectivity index (χ1n) is 12.4. The van der Waals surface area contributed by atoms with Crippen molar-refractivity contribution in [2.24, 2.45) is 46.2 Å². The summed E-state index contributed by atoms with van der Waals surface area (Å²) in [5, 5.41) is 10.8. The van der Waals surface area contributed by atoms with Crippen LogP contribution in [0, 0.1) is 40.4 Å². The number of aliphatic hydroxyl groups is 1. The van der Waals surface area contributed by atoms with E-state index in [0.29, 0.717) is 23.7 Å². The summed E-state index contributed by atoms with van der Waals surface area (Å²) in [4.78, 5) is 12.5. The van der Waals surface area contributed by atoms with Crippen molar-refractivity contribution in [3.63, 3.8) is 0 Å². The maximum absolute atomic E-state index is 12.5. The highest BCUT2D eigenvalue weighted by Gasteiger charge is 2.64. The molecule has 0 saturated heterocycles. The molecule has 172 valence electrons. The van der Waals surface area contributed by atoms with Crippen LogP contribution in [-0.4, -0.2) is 43.0 Å². The highest BCUT2D eigenvalue weighted by molar-refractivity contribution is 5.73. The molecule has 3 N–H and O–H groups in total. The fourth-order valence-corrected chi connectivity index (χ4v) is 8.60. The molecule has 0 aromatic heterocycles. The van der Waals surface area contributed by atoms with E-state index in [-0.39, 0.29) is 41.0 Å². The van der Waals surface area contributed by atoms with Crippen LogP contribution >= 0.6 is 0 Å². The van der Waals surface area contributed by atoms with Gasteiger partial charge in [-0.15, -0.1) is 0 Å². The number of aliphatic hydroxyl groups excluding tert-OH is 1. The van der Waals surface area contributed by atoms with E-state index in [1.54, 1.807) is 0 Å². The number of unbranched alkanes of at least 4 members (excludes halogenated alkanes) is 1. The van der Waals surface area contributed by atoms with Crippen molar-refractivity contribution < 1.29 is 19.4 Å². The minimum atomic E-state index is -0.350. The van der Waals surface area contributed by atoms with Crippen LogP contribution in [-0.2, 0) is 14.3 Å². The summed E-state index contributed by atoms with van der Waals surface area (Å²) in [7, 11) is 1.52. The fraction of sp³-hybridized carbons (Fsp3) is 0.960. The summed E-state index contributed by atoms with van der Waals surface area (Å²) in [5.41, 5.74) is 7.05. The van der Waals surface area contributed by atoms with E-state index >= 15 is 0 Å². The first-order chi connectivity index (χ1) is 14.3. The molecule has 5 nitrogen and oxygen atoms in total. The zero-order valence-corrected chi connectivity index (χ0v) is 19.4. The van der Waals surface area contributed by atoms with Crippen LogP contribution in [0.5, 0.6) is 0 Å². The first-order valence-corrected chi connectivity index (χ1v) is 12.4. The highest BCUT2D eigenvalue weighted by atomic mass is 16.5. The van der Waals surface area contributed by atoms with E-state index in [1.165, 1.54) is 20.0 Å². The van der Waals surface area contributed by atoms with Gasteiger partial charge in [0.15, 0.2) is 0 Å². The number of hydrogen-bond acceptors (Lipinski definition) is 5. The molecule has 4 rings (SSSR count). The Balaban J connectivity index is 1.58. The number of nitrogens with two attached hydrogens (primary N) is 1. The second-order valence-electron chi connectivity index (χ2n) is 11.4. The van der Waals surface area contributed by atoms with Gasteiger partial charge >= 0.3 is 5.97 Å². The number of ether oxygens (including phenoxy) is 2. The van der Waals surface area contributed by atoms with Crippen LogP contribution in [0.1, 0.15) is 78.6 Å². The second kappa shape index (κ2) is 8.37. The zero-order valence-electron chi connectivity index (χ0n) is 19.4. The Morgan fingerprint density at radius 2 is 1.90 bits per heavy atom. The predicted molar refractivity (Wildman–Crippen MR) is 117 cm³/mol. The predicted octanol–water partition coefficient (Wildman–Crippen LogP) is 3.91. The third-order valence-electron chi connectivity index (χ3n) is 9.98. The standard InChI is InChI=1S/C25H43NO4/c1-5-6-11-30-21-14-24(2)15(12-20(21)27)7-8-16-17-9-10-18(23(28)29-4)25(17,3)13-19(26)22(16)24/h15-22,27H,5-14,26H2,1-4H3/t15?,16-,17-,18?,19?,20?,21?,22-,24-,25-/m0/s1. The summed E-state index contributed by atoms with van der Waals surface area (Å²) < 4.78 is 11.4. The van der Waals surface area contributed by atoms with Crippen molar-refractivity contribution in [3.8, 4) is 0 Å². The van der Waals surface area contributed by atoms with E-state index in [4.69, 9.17) is 15.2 Å². The molecule has 4 saturated carbocycles. The molecule has 5 heteroatoms. The Morgan fingerprint density at radius 3 is 2.60 bits per heavy atom. The molecular weight excluding hydrogens is 378 g/mol. The van der Waals surface area contributed by atoms with Crippen LogP contribution in [0.15, 0.2) is 0 Å². The molecule has 0 spiro atoms. The van der Waals surface area contributed by atoms with Crippen molar-refractivity contribution in [2.75, 3.05) is 13.7 Å². The first kappa shape index (κ1) is 22.5. The largest absolute Gasteiger partial charge is 0.469 e. The molecule has 0 aromatic carbocycles. The van der Waals surface area contributed by atoms with Gasteiger partial charge in [0.2, 0.25) is 0 Å². The molecule has 4 aliphatic rings. The SMILES string of the molecule is CCCCOC1C[C@@]2(C)C(CC[C@@H]3[C@H]2C(N)C[C@]2(C)C(C(=O)OC)CC[C@@H]32)CC1O. The molecule has 4 fully saturated rings. The summed E-state index contributed by atoms with van der Waals surface area (Å²) >= 11 is 0. The lowest BCUT2D eigenvalue weighted by Crippen LogP contribution is -2.63. The average Bonchev–Trinajstić information content (AvgIpc) is 3.04. The molecule has 0 amide bonds. The quantitative estimate of drug-likeness (QED) is 0.519.